The second kappa shape index (κ2) is 6.14. The van der Waals surface area contributed by atoms with E-state index >= 15 is 0 Å². The van der Waals surface area contributed by atoms with E-state index in [2.05, 4.69) is 0 Å². The topological polar surface area (TPSA) is 42.3 Å². The lowest BCUT2D eigenvalue weighted by atomic mass is 9.92. The van der Waals surface area contributed by atoms with E-state index in [1.54, 1.807) is 4.90 Å². The van der Waals surface area contributed by atoms with Crippen LogP contribution in [0.1, 0.15) is 25.8 Å². The van der Waals surface area contributed by atoms with Gasteiger partial charge >= 0.3 is 6.18 Å². The summed E-state index contributed by atoms with van der Waals surface area (Å²) in [6.07, 6.45) is -2.81. The molecule has 22 heavy (non-hydrogen) atoms. The van der Waals surface area contributed by atoms with Crippen LogP contribution < -0.4 is 5.56 Å². The molecule has 0 aliphatic carbocycles. The number of hydrogen-bond acceptors (Lipinski definition) is 2. The number of likely N-dealkylation sites (tertiary alicyclic amines) is 1. The molecule has 0 N–H and O–H groups in total. The van der Waals surface area contributed by atoms with E-state index in [0.717, 1.165) is 23.1 Å². The van der Waals surface area contributed by atoms with Crippen molar-refractivity contribution in [2.24, 2.45) is 11.8 Å². The number of rotatable bonds is 2. The molecule has 4 nitrogen and oxygen atoms in total. The highest BCUT2D eigenvalue weighted by Crippen LogP contribution is 2.28. The van der Waals surface area contributed by atoms with E-state index < -0.39 is 17.3 Å². The van der Waals surface area contributed by atoms with Crippen molar-refractivity contribution in [3.63, 3.8) is 0 Å². The van der Waals surface area contributed by atoms with Crippen molar-refractivity contribution in [2.75, 3.05) is 13.1 Å². The number of carbonyl (C=O) groups excluding carboxylic acids is 1. The molecule has 7 heteroatoms. The van der Waals surface area contributed by atoms with Gasteiger partial charge < -0.3 is 9.47 Å². The molecular formula is C15H19F3N2O2. The molecule has 1 saturated heterocycles. The minimum atomic E-state index is -4.54. The Morgan fingerprint density at radius 2 is 1.82 bits per heavy atom. The standard InChI is InChI=1S/C15H19F3N2O2/c1-10-5-11(2)7-19(6-10)14(22)9-20-8-12(15(16,17)18)3-4-13(20)21/h3-4,8,10-11H,5-7,9H2,1-2H3. The smallest absolute Gasteiger partial charge is 0.341 e. The number of alkyl halides is 3. The van der Waals surface area contributed by atoms with Gasteiger partial charge in [-0.05, 0) is 24.3 Å². The van der Waals surface area contributed by atoms with Crippen LogP contribution in [-0.2, 0) is 17.5 Å². The molecule has 1 aromatic heterocycles. The highest BCUT2D eigenvalue weighted by Gasteiger charge is 2.31. The molecule has 1 amide bonds. The third-order valence-electron chi connectivity index (χ3n) is 3.84. The number of halogens is 3. The van der Waals surface area contributed by atoms with Crippen molar-refractivity contribution >= 4 is 5.91 Å². The van der Waals surface area contributed by atoms with Gasteiger partial charge in [0.15, 0.2) is 0 Å². The molecule has 1 aliphatic heterocycles. The minimum Gasteiger partial charge on any atom is -0.341 e. The average Bonchev–Trinajstić information content (AvgIpc) is 2.38. The molecule has 1 aliphatic rings. The first-order valence-electron chi connectivity index (χ1n) is 7.22. The van der Waals surface area contributed by atoms with Crippen molar-refractivity contribution in [3.8, 4) is 0 Å². The zero-order valence-corrected chi connectivity index (χ0v) is 12.6. The monoisotopic (exact) mass is 316 g/mol. The van der Waals surface area contributed by atoms with Crippen LogP contribution in [0.3, 0.4) is 0 Å². The van der Waals surface area contributed by atoms with Gasteiger partial charge in [0, 0.05) is 25.4 Å². The van der Waals surface area contributed by atoms with Crippen molar-refractivity contribution in [3.05, 3.63) is 34.2 Å². The Balaban J connectivity index is 2.16. The van der Waals surface area contributed by atoms with Crippen LogP contribution in [0.25, 0.3) is 0 Å². The molecule has 2 rings (SSSR count). The SMILES string of the molecule is CC1CC(C)CN(C(=O)Cn2cc(C(F)(F)F)ccc2=O)C1. The Hall–Kier alpha value is -1.79. The summed E-state index contributed by atoms with van der Waals surface area (Å²) in [6.45, 7) is 4.87. The maximum atomic E-state index is 12.7. The molecular weight excluding hydrogens is 297 g/mol. The summed E-state index contributed by atoms with van der Waals surface area (Å²) < 4.78 is 38.9. The van der Waals surface area contributed by atoms with Gasteiger partial charge in [-0.15, -0.1) is 0 Å². The highest BCUT2D eigenvalue weighted by molar-refractivity contribution is 5.76. The van der Waals surface area contributed by atoms with Gasteiger partial charge in [-0.1, -0.05) is 13.8 Å². The number of amides is 1. The highest BCUT2D eigenvalue weighted by atomic mass is 19.4. The van der Waals surface area contributed by atoms with Crippen LogP contribution in [0.4, 0.5) is 13.2 Å². The third-order valence-corrected chi connectivity index (χ3v) is 3.84. The Kier molecular flexibility index (Phi) is 4.63. The van der Waals surface area contributed by atoms with Crippen molar-refractivity contribution in [2.45, 2.75) is 33.0 Å². The number of nitrogens with zero attached hydrogens (tertiary/aromatic N) is 2. The van der Waals surface area contributed by atoms with Crippen molar-refractivity contribution in [1.82, 2.24) is 9.47 Å². The second-order valence-electron chi connectivity index (χ2n) is 6.13. The summed E-state index contributed by atoms with van der Waals surface area (Å²) in [6, 6.07) is 1.58. The number of carbonyl (C=O) groups is 1. The summed E-state index contributed by atoms with van der Waals surface area (Å²) in [5.41, 5.74) is -1.54. The van der Waals surface area contributed by atoms with E-state index in [1.165, 1.54) is 0 Å². The van der Waals surface area contributed by atoms with Gasteiger partial charge in [-0.3, -0.25) is 9.59 Å². The molecule has 0 spiro atoms. The molecule has 2 heterocycles. The van der Waals surface area contributed by atoms with Crippen LogP contribution >= 0.6 is 0 Å². The van der Waals surface area contributed by atoms with Gasteiger partial charge in [-0.2, -0.15) is 13.2 Å². The molecule has 0 saturated carbocycles. The summed E-state index contributed by atoms with van der Waals surface area (Å²) >= 11 is 0. The lowest BCUT2D eigenvalue weighted by Crippen LogP contribution is -2.44. The quantitative estimate of drug-likeness (QED) is 0.840. The molecule has 2 unspecified atom stereocenters. The van der Waals surface area contributed by atoms with Gasteiger partial charge in [-0.25, -0.2) is 0 Å². The molecule has 2 atom stereocenters. The van der Waals surface area contributed by atoms with Crippen molar-refractivity contribution < 1.29 is 18.0 Å². The number of aromatic nitrogens is 1. The predicted molar refractivity (Wildman–Crippen MR) is 75.2 cm³/mol. The van der Waals surface area contributed by atoms with Crippen LogP contribution in [0.15, 0.2) is 23.1 Å². The second-order valence-corrected chi connectivity index (χ2v) is 6.13. The molecule has 1 aromatic rings. The fourth-order valence-electron chi connectivity index (χ4n) is 2.93. The van der Waals surface area contributed by atoms with E-state index in [1.807, 2.05) is 13.8 Å². The largest absolute Gasteiger partial charge is 0.417 e. The Labute approximate surface area is 126 Å². The van der Waals surface area contributed by atoms with E-state index in [-0.39, 0.29) is 12.5 Å². The number of piperidine rings is 1. The van der Waals surface area contributed by atoms with Crippen LogP contribution in [0.2, 0.25) is 0 Å². The van der Waals surface area contributed by atoms with Crippen LogP contribution in [0.5, 0.6) is 0 Å². The maximum absolute atomic E-state index is 12.7. The molecule has 1 fully saturated rings. The first-order chi connectivity index (χ1) is 10.2. The van der Waals surface area contributed by atoms with E-state index in [4.69, 9.17) is 0 Å². The summed E-state index contributed by atoms with van der Waals surface area (Å²) in [5.74, 6) is 0.386. The van der Waals surface area contributed by atoms with Gasteiger partial charge in [0.25, 0.3) is 5.56 Å². The Bertz CT molecular complexity index is 600. The van der Waals surface area contributed by atoms with E-state index in [0.29, 0.717) is 31.1 Å². The van der Waals surface area contributed by atoms with Gasteiger partial charge in [0.05, 0.1) is 5.56 Å². The lowest BCUT2D eigenvalue weighted by molar-refractivity contribution is -0.139. The summed E-state index contributed by atoms with van der Waals surface area (Å²) in [4.78, 5) is 25.6. The Morgan fingerprint density at radius 3 is 2.36 bits per heavy atom. The summed E-state index contributed by atoms with van der Waals surface area (Å²) in [7, 11) is 0. The van der Waals surface area contributed by atoms with Crippen molar-refractivity contribution in [1.29, 1.82) is 0 Å². The molecule has 0 radical (unpaired) electrons. The lowest BCUT2D eigenvalue weighted by Gasteiger charge is -2.35. The summed E-state index contributed by atoms with van der Waals surface area (Å²) in [5, 5.41) is 0. The maximum Gasteiger partial charge on any atom is 0.417 e. The minimum absolute atomic E-state index is 0.320. The first-order valence-corrected chi connectivity index (χ1v) is 7.22. The zero-order valence-electron chi connectivity index (χ0n) is 12.6. The molecule has 0 aromatic carbocycles. The zero-order chi connectivity index (χ0) is 16.5. The first kappa shape index (κ1) is 16.6. The fraction of sp³-hybridized carbons (Fsp3) is 0.600. The van der Waals surface area contributed by atoms with Gasteiger partial charge in [0.2, 0.25) is 5.91 Å². The van der Waals surface area contributed by atoms with Gasteiger partial charge in [0.1, 0.15) is 6.54 Å². The molecule has 122 valence electrons. The van der Waals surface area contributed by atoms with Crippen LogP contribution in [-0.4, -0.2) is 28.5 Å². The predicted octanol–water partition coefficient (Wildman–Crippen LogP) is 2.37. The van der Waals surface area contributed by atoms with E-state index in [9.17, 15) is 22.8 Å². The number of pyridine rings is 1. The normalized spacial score (nSPS) is 22.7. The van der Waals surface area contributed by atoms with Crippen LogP contribution in [0, 0.1) is 11.8 Å². The molecule has 0 bridgehead atoms. The Morgan fingerprint density at radius 1 is 1.23 bits per heavy atom. The fourth-order valence-corrected chi connectivity index (χ4v) is 2.93. The number of hydrogen-bond donors (Lipinski definition) is 0. The third kappa shape index (κ3) is 3.90. The average molecular weight is 316 g/mol.